The number of aliphatic hydroxyl groups is 1. The van der Waals surface area contributed by atoms with E-state index in [-0.39, 0.29) is 25.5 Å². The largest absolute Gasteiger partial charge is 0.494 e. The van der Waals surface area contributed by atoms with Gasteiger partial charge in [0.1, 0.15) is 12.3 Å². The predicted octanol–water partition coefficient (Wildman–Crippen LogP) is 5.44. The molecule has 0 aliphatic carbocycles. The molecule has 2 atom stereocenters. The Bertz CT molecular complexity index is 1410. The first-order valence-corrected chi connectivity index (χ1v) is 12.8. The van der Waals surface area contributed by atoms with Crippen molar-refractivity contribution in [2.75, 3.05) is 19.8 Å². The van der Waals surface area contributed by atoms with Crippen LogP contribution in [0.5, 0.6) is 5.75 Å². The highest BCUT2D eigenvalue weighted by Crippen LogP contribution is 2.44. The number of halogens is 3. The van der Waals surface area contributed by atoms with Crippen LogP contribution in [0.3, 0.4) is 0 Å². The molecule has 214 valence electrons. The molecule has 3 aromatic carbocycles. The molecule has 0 saturated heterocycles. The third-order valence-electron chi connectivity index (χ3n) is 6.44. The first-order chi connectivity index (χ1) is 19.8. The number of alkyl halides is 3. The maximum atomic E-state index is 13.8. The van der Waals surface area contributed by atoms with E-state index in [2.05, 4.69) is 10.0 Å². The van der Waals surface area contributed by atoms with E-state index in [1.165, 1.54) is 0 Å². The molecular formula is C29H28F3N5O4. The van der Waals surface area contributed by atoms with Crippen LogP contribution in [0.25, 0.3) is 10.4 Å². The maximum absolute atomic E-state index is 13.8. The highest BCUT2D eigenvalue weighted by Gasteiger charge is 2.54. The van der Waals surface area contributed by atoms with Crippen molar-refractivity contribution in [2.45, 2.75) is 37.2 Å². The normalized spacial score (nSPS) is 18.1. The average Bonchev–Trinajstić information content (AvgIpc) is 3.35. The van der Waals surface area contributed by atoms with Crippen LogP contribution in [0.4, 0.5) is 13.2 Å². The number of nitrogens with one attached hydrogen (secondary N) is 1. The lowest BCUT2D eigenvalue weighted by Crippen LogP contribution is -2.52. The minimum atomic E-state index is -4.64. The molecule has 1 aliphatic rings. The van der Waals surface area contributed by atoms with Gasteiger partial charge < -0.3 is 19.9 Å². The summed E-state index contributed by atoms with van der Waals surface area (Å²) < 4.78 is 51.6. The first kappa shape index (κ1) is 29.4. The van der Waals surface area contributed by atoms with Gasteiger partial charge in [-0.25, -0.2) is 4.99 Å². The minimum Gasteiger partial charge on any atom is -0.494 e. The van der Waals surface area contributed by atoms with Gasteiger partial charge in [0.2, 0.25) is 5.90 Å². The molecule has 4 rings (SSSR count). The molecule has 0 bridgehead atoms. The van der Waals surface area contributed by atoms with Crippen LogP contribution in [-0.4, -0.2) is 48.4 Å². The lowest BCUT2D eigenvalue weighted by Gasteiger charge is -2.32. The molecule has 0 spiro atoms. The summed E-state index contributed by atoms with van der Waals surface area (Å²) in [6.45, 7) is -1.30. The predicted molar refractivity (Wildman–Crippen MR) is 145 cm³/mol. The third kappa shape index (κ3) is 7.36. The van der Waals surface area contributed by atoms with E-state index in [4.69, 9.17) is 25.1 Å². The zero-order chi connectivity index (χ0) is 29.3. The number of carbonyl (C=O) groups excluding carboxylic acids is 1. The number of nitrogens with zero attached hydrogens (tertiary/aromatic N) is 4. The Labute approximate surface area is 234 Å². The van der Waals surface area contributed by atoms with Gasteiger partial charge in [-0.1, -0.05) is 59.7 Å². The smallest absolute Gasteiger partial charge is 0.405 e. The molecule has 2 N–H and O–H groups in total. The number of azide groups is 1. The zero-order valence-electron chi connectivity index (χ0n) is 21.9. The van der Waals surface area contributed by atoms with Gasteiger partial charge in [-0.15, -0.1) is 0 Å². The fourth-order valence-electron chi connectivity index (χ4n) is 4.54. The Hall–Kier alpha value is -4.54. The molecule has 0 unspecified atom stereocenters. The van der Waals surface area contributed by atoms with Crippen molar-refractivity contribution in [3.05, 3.63) is 112 Å². The van der Waals surface area contributed by atoms with Crippen LogP contribution in [-0.2, 0) is 22.5 Å². The molecule has 9 nitrogen and oxygen atoms in total. The number of carbonyl (C=O) groups is 1. The second-order valence-electron chi connectivity index (χ2n) is 9.34. The Morgan fingerprint density at radius 3 is 2.49 bits per heavy atom. The number of amides is 1. The van der Waals surface area contributed by atoms with Gasteiger partial charge in [-0.05, 0) is 46.5 Å². The SMILES string of the molecule is [N-]=[N+]=NCc1ccccc1[C@H]1OC(c2ccc(OCCCO)cc2)=N[C@@]1(Cc1ccccc1)C(=O)NCC(F)(F)F. The molecule has 0 fully saturated rings. The molecule has 0 radical (unpaired) electrons. The van der Waals surface area contributed by atoms with Crippen molar-refractivity contribution >= 4 is 11.8 Å². The molecule has 1 heterocycles. The number of hydrogen-bond acceptors (Lipinski definition) is 6. The number of hydrogen-bond donors (Lipinski definition) is 2. The van der Waals surface area contributed by atoms with Crippen molar-refractivity contribution in [2.24, 2.45) is 10.1 Å². The van der Waals surface area contributed by atoms with E-state index in [9.17, 15) is 18.0 Å². The summed E-state index contributed by atoms with van der Waals surface area (Å²) >= 11 is 0. The molecular weight excluding hydrogens is 539 g/mol. The second kappa shape index (κ2) is 13.2. The van der Waals surface area contributed by atoms with Crippen molar-refractivity contribution in [1.82, 2.24) is 5.32 Å². The Balaban J connectivity index is 1.82. The van der Waals surface area contributed by atoms with Gasteiger partial charge in [0.05, 0.1) is 13.2 Å². The van der Waals surface area contributed by atoms with E-state index >= 15 is 0 Å². The summed E-state index contributed by atoms with van der Waals surface area (Å²) in [5.41, 5.74) is 9.22. The van der Waals surface area contributed by atoms with Crippen LogP contribution in [0, 0.1) is 0 Å². The highest BCUT2D eigenvalue weighted by molar-refractivity contribution is 6.01. The van der Waals surface area contributed by atoms with Crippen LogP contribution in [0.15, 0.2) is 89.0 Å². The first-order valence-electron chi connectivity index (χ1n) is 12.8. The number of aliphatic hydroxyl groups excluding tert-OH is 1. The van der Waals surface area contributed by atoms with Gasteiger partial charge in [0, 0.05) is 29.9 Å². The number of ether oxygens (including phenoxy) is 2. The summed E-state index contributed by atoms with van der Waals surface area (Å²) in [5.74, 6) is -0.356. The van der Waals surface area contributed by atoms with Crippen LogP contribution < -0.4 is 10.1 Å². The molecule has 12 heteroatoms. The van der Waals surface area contributed by atoms with E-state index in [0.29, 0.717) is 41.0 Å². The lowest BCUT2D eigenvalue weighted by atomic mass is 9.80. The Kier molecular flexibility index (Phi) is 9.49. The third-order valence-corrected chi connectivity index (χ3v) is 6.44. The van der Waals surface area contributed by atoms with Gasteiger partial charge in [-0.2, -0.15) is 13.2 Å². The minimum absolute atomic E-state index is 0.00876. The van der Waals surface area contributed by atoms with Crippen LogP contribution in [0.1, 0.15) is 34.8 Å². The highest BCUT2D eigenvalue weighted by atomic mass is 19.4. The average molecular weight is 568 g/mol. The van der Waals surface area contributed by atoms with Crippen molar-refractivity contribution < 1.29 is 32.5 Å². The lowest BCUT2D eigenvalue weighted by molar-refractivity contribution is -0.143. The van der Waals surface area contributed by atoms with E-state index in [0.717, 1.165) is 0 Å². The Morgan fingerprint density at radius 2 is 1.80 bits per heavy atom. The zero-order valence-corrected chi connectivity index (χ0v) is 21.9. The van der Waals surface area contributed by atoms with Gasteiger partial charge in [0.15, 0.2) is 11.6 Å². The summed E-state index contributed by atoms with van der Waals surface area (Å²) in [6, 6.07) is 22.3. The molecule has 41 heavy (non-hydrogen) atoms. The molecule has 1 aliphatic heterocycles. The molecule has 0 aromatic heterocycles. The fourth-order valence-corrected chi connectivity index (χ4v) is 4.54. The topological polar surface area (TPSA) is 129 Å². The summed E-state index contributed by atoms with van der Waals surface area (Å²) in [7, 11) is 0. The summed E-state index contributed by atoms with van der Waals surface area (Å²) in [6.07, 6.45) is -5.39. The fraction of sp³-hybridized carbons (Fsp3) is 0.310. The number of benzene rings is 3. The standard InChI is InChI=1S/C29H28F3N5O4/c30-29(31,32)19-34-27(39)28(17-20-7-2-1-3-8-20)25(24-10-5-4-9-22(24)18-35-37-33)41-26(36-28)21-11-13-23(14-12-21)40-16-6-15-38/h1-5,7-14,25,38H,6,15-19H2,(H,34,39)/t25-,28-/m1/s1. The summed E-state index contributed by atoms with van der Waals surface area (Å²) in [4.78, 5) is 21.3. The molecule has 0 saturated carbocycles. The quantitative estimate of drug-likeness (QED) is 0.131. The van der Waals surface area contributed by atoms with Crippen LogP contribution >= 0.6 is 0 Å². The van der Waals surface area contributed by atoms with E-state index in [1.807, 2.05) is 5.32 Å². The maximum Gasteiger partial charge on any atom is 0.405 e. The van der Waals surface area contributed by atoms with Crippen molar-refractivity contribution in [1.29, 1.82) is 0 Å². The van der Waals surface area contributed by atoms with Crippen molar-refractivity contribution in [3.8, 4) is 5.75 Å². The van der Waals surface area contributed by atoms with Gasteiger partial charge in [0.25, 0.3) is 5.91 Å². The van der Waals surface area contributed by atoms with E-state index < -0.39 is 30.3 Å². The van der Waals surface area contributed by atoms with Crippen molar-refractivity contribution in [3.63, 3.8) is 0 Å². The number of rotatable bonds is 12. The number of aliphatic imine (C=N–C) groups is 1. The van der Waals surface area contributed by atoms with Gasteiger partial charge >= 0.3 is 6.18 Å². The monoisotopic (exact) mass is 567 g/mol. The van der Waals surface area contributed by atoms with Crippen LogP contribution in [0.2, 0.25) is 0 Å². The second-order valence-corrected chi connectivity index (χ2v) is 9.34. The molecule has 1 amide bonds. The van der Waals surface area contributed by atoms with Gasteiger partial charge in [-0.3, -0.25) is 4.79 Å². The Morgan fingerprint density at radius 1 is 1.10 bits per heavy atom. The van der Waals surface area contributed by atoms with E-state index in [1.54, 1.807) is 78.9 Å². The molecule has 3 aromatic rings. The summed E-state index contributed by atoms with van der Waals surface area (Å²) in [5, 5.41) is 14.6.